The van der Waals surface area contributed by atoms with E-state index >= 15 is 0 Å². The van der Waals surface area contributed by atoms with Crippen LogP contribution < -0.4 is 5.73 Å². The van der Waals surface area contributed by atoms with Crippen LogP contribution in [0, 0.1) is 5.92 Å². The molecule has 0 unspecified atom stereocenters. The molecule has 1 saturated heterocycles. The van der Waals surface area contributed by atoms with Crippen molar-refractivity contribution in [2.24, 2.45) is 11.7 Å². The Balaban J connectivity index is 1.89. The summed E-state index contributed by atoms with van der Waals surface area (Å²) in [7, 11) is 0. The van der Waals surface area contributed by atoms with Gasteiger partial charge in [0.1, 0.15) is 0 Å². The first-order valence-corrected chi connectivity index (χ1v) is 5.56. The number of piperidine rings is 1. The van der Waals surface area contributed by atoms with Gasteiger partial charge in [0.2, 0.25) is 0 Å². The summed E-state index contributed by atoms with van der Waals surface area (Å²) >= 11 is 0. The Morgan fingerprint density at radius 3 is 3.13 bits per heavy atom. The molecule has 0 radical (unpaired) electrons. The van der Waals surface area contributed by atoms with Crippen molar-refractivity contribution in [3.8, 4) is 0 Å². The van der Waals surface area contributed by atoms with E-state index in [-0.39, 0.29) is 0 Å². The van der Waals surface area contributed by atoms with E-state index in [4.69, 9.17) is 5.73 Å². The number of nitrogens with zero attached hydrogens (tertiary/aromatic N) is 3. The summed E-state index contributed by atoms with van der Waals surface area (Å²) in [6.45, 7) is 3.97. The Kier molecular flexibility index (Phi) is 3.64. The minimum Gasteiger partial charge on any atom is -0.330 e. The highest BCUT2D eigenvalue weighted by molar-refractivity contribution is 4.94. The molecule has 2 rings (SSSR count). The van der Waals surface area contributed by atoms with Crippen molar-refractivity contribution in [2.75, 3.05) is 19.6 Å². The fourth-order valence-electron chi connectivity index (χ4n) is 2.13. The topological polar surface area (TPSA) is 55.0 Å². The predicted octanol–water partition coefficient (Wildman–Crippen LogP) is 0.647. The van der Waals surface area contributed by atoms with Crippen LogP contribution in [-0.2, 0) is 6.54 Å². The molecule has 4 nitrogen and oxygen atoms in total. The van der Waals surface area contributed by atoms with Crippen molar-refractivity contribution < 1.29 is 0 Å². The van der Waals surface area contributed by atoms with Crippen LogP contribution in [0.1, 0.15) is 18.5 Å². The van der Waals surface area contributed by atoms with Gasteiger partial charge in [-0.25, -0.2) is 0 Å². The van der Waals surface area contributed by atoms with Gasteiger partial charge in [-0.2, -0.15) is 0 Å². The van der Waals surface area contributed by atoms with E-state index in [2.05, 4.69) is 14.9 Å². The lowest BCUT2D eigenvalue weighted by Gasteiger charge is -2.31. The van der Waals surface area contributed by atoms with Gasteiger partial charge in [0.25, 0.3) is 0 Å². The van der Waals surface area contributed by atoms with Gasteiger partial charge < -0.3 is 5.73 Å². The fourth-order valence-corrected chi connectivity index (χ4v) is 2.13. The summed E-state index contributed by atoms with van der Waals surface area (Å²) in [5.74, 6) is 0.662. The second kappa shape index (κ2) is 5.19. The molecule has 0 aromatic carbocycles. The lowest BCUT2D eigenvalue weighted by atomic mass is 9.98. The van der Waals surface area contributed by atoms with E-state index in [9.17, 15) is 0 Å². The third kappa shape index (κ3) is 2.97. The zero-order valence-electron chi connectivity index (χ0n) is 8.97. The van der Waals surface area contributed by atoms with E-state index in [0.717, 1.165) is 31.9 Å². The van der Waals surface area contributed by atoms with Gasteiger partial charge in [0.05, 0.1) is 5.69 Å². The first-order valence-electron chi connectivity index (χ1n) is 5.56. The maximum absolute atomic E-state index is 5.70. The zero-order valence-corrected chi connectivity index (χ0v) is 8.97. The van der Waals surface area contributed by atoms with Crippen molar-refractivity contribution in [1.82, 2.24) is 14.9 Å². The van der Waals surface area contributed by atoms with Crippen molar-refractivity contribution in [3.05, 3.63) is 24.3 Å². The fraction of sp³-hybridized carbons (Fsp3) is 0.636. The smallest absolute Gasteiger partial charge is 0.0726 e. The largest absolute Gasteiger partial charge is 0.330 e. The Labute approximate surface area is 90.5 Å². The number of rotatable bonds is 3. The molecule has 1 aromatic heterocycles. The van der Waals surface area contributed by atoms with Gasteiger partial charge in [0.15, 0.2) is 0 Å². The molecule has 1 aromatic rings. The lowest BCUT2D eigenvalue weighted by Crippen LogP contribution is -2.38. The molecular formula is C11H18N4. The minimum absolute atomic E-state index is 0.662. The molecule has 1 fully saturated rings. The molecule has 4 heteroatoms. The number of hydrogen-bond acceptors (Lipinski definition) is 4. The monoisotopic (exact) mass is 206 g/mol. The summed E-state index contributed by atoms with van der Waals surface area (Å²) in [5, 5.41) is 0. The molecule has 0 amide bonds. The van der Waals surface area contributed by atoms with Gasteiger partial charge in [-0.1, -0.05) is 0 Å². The SMILES string of the molecule is NC[C@@H]1CCCN(Cc2cnccn2)C1. The highest BCUT2D eigenvalue weighted by Gasteiger charge is 2.18. The summed E-state index contributed by atoms with van der Waals surface area (Å²) in [6.07, 6.45) is 7.82. The maximum atomic E-state index is 5.70. The second-order valence-corrected chi connectivity index (χ2v) is 4.18. The maximum Gasteiger partial charge on any atom is 0.0726 e. The van der Waals surface area contributed by atoms with E-state index in [0.29, 0.717) is 5.92 Å². The molecule has 0 bridgehead atoms. The molecule has 1 atom stereocenters. The number of likely N-dealkylation sites (tertiary alicyclic amines) is 1. The first kappa shape index (κ1) is 10.5. The van der Waals surface area contributed by atoms with Gasteiger partial charge >= 0.3 is 0 Å². The van der Waals surface area contributed by atoms with E-state index < -0.39 is 0 Å². The summed E-state index contributed by atoms with van der Waals surface area (Å²) in [5.41, 5.74) is 6.76. The lowest BCUT2D eigenvalue weighted by molar-refractivity contribution is 0.169. The Morgan fingerprint density at radius 2 is 2.40 bits per heavy atom. The molecule has 0 saturated carbocycles. The number of aromatic nitrogens is 2. The van der Waals surface area contributed by atoms with Crippen LogP contribution in [0.5, 0.6) is 0 Å². The van der Waals surface area contributed by atoms with Crippen molar-refractivity contribution in [1.29, 1.82) is 0 Å². The van der Waals surface area contributed by atoms with Crippen LogP contribution in [0.25, 0.3) is 0 Å². The molecule has 2 N–H and O–H groups in total. The molecular weight excluding hydrogens is 188 g/mol. The Hall–Kier alpha value is -1.00. The average Bonchev–Trinajstić information content (AvgIpc) is 2.31. The van der Waals surface area contributed by atoms with Crippen LogP contribution in [0.3, 0.4) is 0 Å². The molecule has 15 heavy (non-hydrogen) atoms. The molecule has 82 valence electrons. The van der Waals surface area contributed by atoms with Gasteiger partial charge in [-0.15, -0.1) is 0 Å². The van der Waals surface area contributed by atoms with E-state index in [1.54, 1.807) is 12.4 Å². The van der Waals surface area contributed by atoms with Crippen LogP contribution in [0.4, 0.5) is 0 Å². The number of hydrogen-bond donors (Lipinski definition) is 1. The third-order valence-corrected chi connectivity index (χ3v) is 2.94. The Morgan fingerprint density at radius 1 is 1.47 bits per heavy atom. The van der Waals surface area contributed by atoms with Gasteiger partial charge in [0, 0.05) is 31.7 Å². The van der Waals surface area contributed by atoms with E-state index in [1.807, 2.05) is 6.20 Å². The molecule has 1 aliphatic rings. The highest BCUT2D eigenvalue weighted by atomic mass is 15.1. The zero-order chi connectivity index (χ0) is 10.5. The van der Waals surface area contributed by atoms with Crippen molar-refractivity contribution in [3.63, 3.8) is 0 Å². The van der Waals surface area contributed by atoms with Crippen molar-refractivity contribution >= 4 is 0 Å². The molecule has 1 aliphatic heterocycles. The normalized spacial score (nSPS) is 22.9. The van der Waals surface area contributed by atoms with E-state index in [1.165, 1.54) is 12.8 Å². The predicted molar refractivity (Wildman–Crippen MR) is 59.1 cm³/mol. The molecule has 0 spiro atoms. The molecule has 0 aliphatic carbocycles. The Bertz CT molecular complexity index is 288. The second-order valence-electron chi connectivity index (χ2n) is 4.18. The summed E-state index contributed by atoms with van der Waals surface area (Å²) < 4.78 is 0. The third-order valence-electron chi connectivity index (χ3n) is 2.94. The minimum atomic E-state index is 0.662. The quantitative estimate of drug-likeness (QED) is 0.789. The number of nitrogens with two attached hydrogens (primary N) is 1. The van der Waals surface area contributed by atoms with Gasteiger partial charge in [-0.05, 0) is 31.8 Å². The van der Waals surface area contributed by atoms with Crippen LogP contribution in [0.15, 0.2) is 18.6 Å². The summed E-state index contributed by atoms with van der Waals surface area (Å²) in [6, 6.07) is 0. The van der Waals surface area contributed by atoms with Crippen molar-refractivity contribution in [2.45, 2.75) is 19.4 Å². The highest BCUT2D eigenvalue weighted by Crippen LogP contribution is 2.16. The molecule has 2 heterocycles. The van der Waals surface area contributed by atoms with Crippen LogP contribution >= 0.6 is 0 Å². The van der Waals surface area contributed by atoms with Crippen LogP contribution in [0.2, 0.25) is 0 Å². The summed E-state index contributed by atoms with van der Waals surface area (Å²) in [4.78, 5) is 10.8. The van der Waals surface area contributed by atoms with Gasteiger partial charge in [-0.3, -0.25) is 14.9 Å². The first-order chi connectivity index (χ1) is 7.38. The average molecular weight is 206 g/mol. The van der Waals surface area contributed by atoms with Crippen LogP contribution in [-0.4, -0.2) is 34.5 Å². The standard InChI is InChI=1S/C11H18N4/c12-6-10-2-1-5-15(8-10)9-11-7-13-3-4-14-11/h3-4,7,10H,1-2,5-6,8-9,12H2/t10-/m0/s1.